The van der Waals surface area contributed by atoms with Crippen molar-refractivity contribution < 1.29 is 17.9 Å². The molecule has 170 valence electrons. The van der Waals surface area contributed by atoms with Crippen LogP contribution < -0.4 is 4.90 Å². The van der Waals surface area contributed by atoms with E-state index >= 15 is 0 Å². The van der Waals surface area contributed by atoms with Crippen LogP contribution in [0, 0.1) is 6.92 Å². The zero-order valence-electron chi connectivity index (χ0n) is 17.9. The molecule has 0 unspecified atom stereocenters. The molecule has 0 N–H and O–H groups in total. The number of anilines is 1. The SMILES string of the molecule is Cc1ccc(Cl)c2sc(N(CCN3CCOCC3)C(=O)c3cccc(S(C)(=O)=O)c3)nc12. The average Bonchev–Trinajstić information content (AvgIpc) is 3.23. The van der Waals surface area contributed by atoms with Crippen molar-refractivity contribution in [3.8, 4) is 0 Å². The zero-order chi connectivity index (χ0) is 22.9. The molecule has 2 heterocycles. The van der Waals surface area contributed by atoms with Gasteiger partial charge in [0.25, 0.3) is 5.91 Å². The largest absolute Gasteiger partial charge is 0.379 e. The van der Waals surface area contributed by atoms with Crippen molar-refractivity contribution in [2.24, 2.45) is 0 Å². The lowest BCUT2D eigenvalue weighted by atomic mass is 10.2. The van der Waals surface area contributed by atoms with Crippen molar-refractivity contribution in [1.82, 2.24) is 9.88 Å². The average molecular weight is 494 g/mol. The van der Waals surface area contributed by atoms with E-state index < -0.39 is 9.84 Å². The van der Waals surface area contributed by atoms with Gasteiger partial charge in [-0.25, -0.2) is 13.4 Å². The van der Waals surface area contributed by atoms with E-state index in [2.05, 4.69) is 4.90 Å². The highest BCUT2D eigenvalue weighted by Crippen LogP contribution is 2.36. The van der Waals surface area contributed by atoms with Crippen LogP contribution in [0.5, 0.6) is 0 Å². The Labute approximate surface area is 196 Å². The summed E-state index contributed by atoms with van der Waals surface area (Å²) in [6.07, 6.45) is 1.13. The molecule has 10 heteroatoms. The van der Waals surface area contributed by atoms with Crippen LogP contribution >= 0.6 is 22.9 Å². The second kappa shape index (κ2) is 9.44. The number of aromatic nitrogens is 1. The number of carbonyl (C=O) groups is 1. The summed E-state index contributed by atoms with van der Waals surface area (Å²) < 4.78 is 30.3. The number of amides is 1. The van der Waals surface area contributed by atoms with Crippen molar-refractivity contribution in [3.05, 3.63) is 52.5 Å². The number of aryl methyl sites for hydroxylation is 1. The van der Waals surface area contributed by atoms with Crippen LogP contribution in [0.3, 0.4) is 0 Å². The number of hydrogen-bond donors (Lipinski definition) is 0. The number of sulfone groups is 1. The third-order valence-corrected chi connectivity index (χ3v) is 8.06. The molecule has 1 fully saturated rings. The van der Waals surface area contributed by atoms with E-state index in [1.54, 1.807) is 17.0 Å². The topological polar surface area (TPSA) is 79.8 Å². The Hall–Kier alpha value is -2.04. The molecule has 32 heavy (non-hydrogen) atoms. The maximum Gasteiger partial charge on any atom is 0.260 e. The standard InChI is InChI=1S/C22H24ClN3O4S2/c1-15-6-7-18(23)20-19(15)24-22(31-20)26(9-8-25-10-12-30-13-11-25)21(27)16-4-3-5-17(14-16)32(2,28)29/h3-7,14H,8-13H2,1-2H3. The number of ether oxygens (including phenoxy) is 1. The molecule has 0 saturated carbocycles. The monoisotopic (exact) mass is 493 g/mol. The molecule has 4 rings (SSSR count). The Bertz CT molecular complexity index is 1210. The summed E-state index contributed by atoms with van der Waals surface area (Å²) in [5.74, 6) is -0.295. The highest BCUT2D eigenvalue weighted by molar-refractivity contribution is 7.90. The van der Waals surface area contributed by atoms with Gasteiger partial charge < -0.3 is 4.74 Å². The lowest BCUT2D eigenvalue weighted by molar-refractivity contribution is 0.0391. The van der Waals surface area contributed by atoms with Gasteiger partial charge in [0.2, 0.25) is 0 Å². The molecule has 0 radical (unpaired) electrons. The molecule has 3 aromatic rings. The first-order chi connectivity index (χ1) is 15.2. The van der Waals surface area contributed by atoms with E-state index in [0.717, 1.165) is 35.1 Å². The number of rotatable bonds is 6. The van der Waals surface area contributed by atoms with E-state index in [1.807, 2.05) is 19.1 Å². The van der Waals surface area contributed by atoms with Gasteiger partial charge in [0, 0.05) is 38.0 Å². The number of hydrogen-bond acceptors (Lipinski definition) is 7. The zero-order valence-corrected chi connectivity index (χ0v) is 20.3. The maximum atomic E-state index is 13.6. The molecule has 0 atom stereocenters. The van der Waals surface area contributed by atoms with Gasteiger partial charge in [-0.05, 0) is 36.8 Å². The molecular formula is C22H24ClN3O4S2. The summed E-state index contributed by atoms with van der Waals surface area (Å²) in [5, 5.41) is 1.13. The fourth-order valence-electron chi connectivity index (χ4n) is 3.57. The van der Waals surface area contributed by atoms with Crippen molar-refractivity contribution in [2.75, 3.05) is 50.5 Å². The van der Waals surface area contributed by atoms with Gasteiger partial charge in [0.05, 0.1) is 33.3 Å². The fraction of sp³-hybridized carbons (Fsp3) is 0.364. The van der Waals surface area contributed by atoms with E-state index in [0.29, 0.717) is 42.0 Å². The number of halogens is 1. The molecule has 1 aromatic heterocycles. The quantitative estimate of drug-likeness (QED) is 0.521. The van der Waals surface area contributed by atoms with Crippen LogP contribution in [0.1, 0.15) is 15.9 Å². The molecule has 0 aliphatic carbocycles. The van der Waals surface area contributed by atoms with Crippen LogP contribution in [0.25, 0.3) is 10.2 Å². The molecular weight excluding hydrogens is 470 g/mol. The molecule has 7 nitrogen and oxygen atoms in total. The first-order valence-corrected chi connectivity index (χ1v) is 13.3. The fourth-order valence-corrected chi connectivity index (χ4v) is 5.58. The second-order valence-corrected chi connectivity index (χ2v) is 11.1. The summed E-state index contributed by atoms with van der Waals surface area (Å²) in [5.41, 5.74) is 2.05. The minimum atomic E-state index is -3.43. The Morgan fingerprint density at radius 3 is 2.69 bits per heavy atom. The number of morpholine rings is 1. The van der Waals surface area contributed by atoms with E-state index in [1.165, 1.54) is 23.5 Å². The third kappa shape index (κ3) is 4.97. The van der Waals surface area contributed by atoms with Gasteiger partial charge >= 0.3 is 0 Å². The summed E-state index contributed by atoms with van der Waals surface area (Å²) in [7, 11) is -3.43. The molecule has 1 aliphatic rings. The molecule has 0 spiro atoms. The molecule has 1 aliphatic heterocycles. The van der Waals surface area contributed by atoms with E-state index in [-0.39, 0.29) is 10.8 Å². The minimum absolute atomic E-state index is 0.111. The van der Waals surface area contributed by atoms with Crippen molar-refractivity contribution in [1.29, 1.82) is 0 Å². The number of carbonyl (C=O) groups excluding carboxylic acids is 1. The lowest BCUT2D eigenvalue weighted by Gasteiger charge is -2.29. The maximum absolute atomic E-state index is 13.6. The summed E-state index contributed by atoms with van der Waals surface area (Å²) in [6, 6.07) is 9.86. The smallest absolute Gasteiger partial charge is 0.260 e. The van der Waals surface area contributed by atoms with Crippen LogP contribution in [0.15, 0.2) is 41.3 Å². The summed E-state index contributed by atoms with van der Waals surface area (Å²) in [6.45, 7) is 5.97. The minimum Gasteiger partial charge on any atom is -0.379 e. The molecule has 2 aromatic carbocycles. The van der Waals surface area contributed by atoms with Gasteiger partial charge in [0.15, 0.2) is 15.0 Å². The van der Waals surface area contributed by atoms with Gasteiger partial charge in [-0.1, -0.05) is 35.1 Å². The first kappa shape index (κ1) is 23.1. The predicted octanol–water partition coefficient (Wildman–Crippen LogP) is 3.64. The molecule has 0 bridgehead atoms. The summed E-state index contributed by atoms with van der Waals surface area (Å²) >= 11 is 7.76. The molecule has 1 amide bonds. The second-order valence-electron chi connectivity index (χ2n) is 7.75. The van der Waals surface area contributed by atoms with Gasteiger partial charge in [0.1, 0.15) is 0 Å². The number of thiazole rings is 1. The van der Waals surface area contributed by atoms with Crippen molar-refractivity contribution >= 4 is 54.0 Å². The number of fused-ring (bicyclic) bond motifs is 1. The van der Waals surface area contributed by atoms with Gasteiger partial charge in [-0.2, -0.15) is 0 Å². The Morgan fingerprint density at radius 1 is 1.25 bits per heavy atom. The van der Waals surface area contributed by atoms with Crippen molar-refractivity contribution in [2.45, 2.75) is 11.8 Å². The highest BCUT2D eigenvalue weighted by atomic mass is 35.5. The predicted molar refractivity (Wildman–Crippen MR) is 128 cm³/mol. The normalized spacial score (nSPS) is 15.2. The van der Waals surface area contributed by atoms with Gasteiger partial charge in [-0.3, -0.25) is 14.6 Å². The Balaban J connectivity index is 1.71. The van der Waals surface area contributed by atoms with Crippen LogP contribution in [0.2, 0.25) is 5.02 Å². The Morgan fingerprint density at radius 2 is 2.00 bits per heavy atom. The summed E-state index contributed by atoms with van der Waals surface area (Å²) in [4.78, 5) is 22.3. The van der Waals surface area contributed by atoms with Crippen LogP contribution in [-0.4, -0.2) is 69.9 Å². The lowest BCUT2D eigenvalue weighted by Crippen LogP contribution is -2.43. The van der Waals surface area contributed by atoms with Crippen LogP contribution in [-0.2, 0) is 14.6 Å². The van der Waals surface area contributed by atoms with Crippen molar-refractivity contribution in [3.63, 3.8) is 0 Å². The first-order valence-electron chi connectivity index (χ1n) is 10.2. The number of benzene rings is 2. The Kier molecular flexibility index (Phi) is 6.83. The molecule has 1 saturated heterocycles. The number of nitrogens with zero attached hydrogens (tertiary/aromatic N) is 3. The van der Waals surface area contributed by atoms with Gasteiger partial charge in [-0.15, -0.1) is 0 Å². The van der Waals surface area contributed by atoms with E-state index in [9.17, 15) is 13.2 Å². The van der Waals surface area contributed by atoms with E-state index in [4.69, 9.17) is 21.3 Å². The van der Waals surface area contributed by atoms with Crippen LogP contribution in [0.4, 0.5) is 5.13 Å². The third-order valence-electron chi connectivity index (χ3n) is 5.41. The highest BCUT2D eigenvalue weighted by Gasteiger charge is 2.24.